The van der Waals surface area contributed by atoms with Crippen molar-refractivity contribution in [2.75, 3.05) is 5.32 Å². The van der Waals surface area contributed by atoms with Crippen molar-refractivity contribution in [1.29, 1.82) is 10.5 Å². The van der Waals surface area contributed by atoms with Crippen molar-refractivity contribution in [2.45, 2.75) is 19.4 Å². The molecule has 2 aromatic carbocycles. The van der Waals surface area contributed by atoms with Crippen LogP contribution in [0.1, 0.15) is 29.7 Å². The van der Waals surface area contributed by atoms with Gasteiger partial charge in [-0.1, -0.05) is 24.3 Å². The van der Waals surface area contributed by atoms with Crippen LogP contribution in [0.15, 0.2) is 48.5 Å². The zero-order valence-corrected chi connectivity index (χ0v) is 11.3. The Hall–Kier alpha value is -2.78. The molecule has 1 atom stereocenters. The van der Waals surface area contributed by atoms with E-state index < -0.39 is 0 Å². The smallest absolute Gasteiger partial charge is 0.0991 e. The number of benzene rings is 2. The number of hydrogen-bond acceptors (Lipinski definition) is 3. The predicted octanol–water partition coefficient (Wildman–Crippen LogP) is 3.80. The third-order valence-electron chi connectivity index (χ3n) is 3.16. The summed E-state index contributed by atoms with van der Waals surface area (Å²) < 4.78 is 0. The largest absolute Gasteiger partial charge is 0.379 e. The lowest BCUT2D eigenvalue weighted by atomic mass is 10.1. The third kappa shape index (κ3) is 3.37. The van der Waals surface area contributed by atoms with Crippen LogP contribution in [0.4, 0.5) is 5.69 Å². The first-order valence-corrected chi connectivity index (χ1v) is 6.45. The first kappa shape index (κ1) is 13.6. The van der Waals surface area contributed by atoms with E-state index in [-0.39, 0.29) is 6.04 Å². The summed E-state index contributed by atoms with van der Waals surface area (Å²) in [5, 5.41) is 20.8. The normalized spacial score (nSPS) is 11.2. The molecule has 0 aliphatic carbocycles. The standard InChI is InChI=1S/C17H15N3/c1-13(16-6-2-15(12-19)3-7-16)20-17-8-4-14(5-9-17)10-11-18/h2-9,13,20H,10H2,1H3. The minimum absolute atomic E-state index is 0.157. The van der Waals surface area contributed by atoms with Gasteiger partial charge in [-0.2, -0.15) is 10.5 Å². The molecule has 0 saturated heterocycles. The molecule has 3 heteroatoms. The zero-order valence-electron chi connectivity index (χ0n) is 11.3. The molecule has 0 heterocycles. The van der Waals surface area contributed by atoms with Crippen LogP contribution in [0.2, 0.25) is 0 Å². The van der Waals surface area contributed by atoms with Crippen molar-refractivity contribution in [3.63, 3.8) is 0 Å². The molecular weight excluding hydrogens is 246 g/mol. The van der Waals surface area contributed by atoms with Crippen molar-refractivity contribution in [3.8, 4) is 12.1 Å². The highest BCUT2D eigenvalue weighted by atomic mass is 14.9. The fourth-order valence-electron chi connectivity index (χ4n) is 1.99. The van der Waals surface area contributed by atoms with Gasteiger partial charge in [-0.05, 0) is 42.3 Å². The topological polar surface area (TPSA) is 59.6 Å². The molecule has 98 valence electrons. The fourth-order valence-corrected chi connectivity index (χ4v) is 1.99. The monoisotopic (exact) mass is 261 g/mol. The Morgan fingerprint density at radius 1 is 1.00 bits per heavy atom. The molecule has 0 saturated carbocycles. The van der Waals surface area contributed by atoms with Crippen LogP contribution in [-0.2, 0) is 6.42 Å². The van der Waals surface area contributed by atoms with Gasteiger partial charge >= 0.3 is 0 Å². The van der Waals surface area contributed by atoms with E-state index in [1.54, 1.807) is 0 Å². The van der Waals surface area contributed by atoms with E-state index in [0.717, 1.165) is 16.8 Å². The van der Waals surface area contributed by atoms with Crippen molar-refractivity contribution in [3.05, 3.63) is 65.2 Å². The Labute approximate surface area is 119 Å². The first-order valence-electron chi connectivity index (χ1n) is 6.45. The van der Waals surface area contributed by atoms with Crippen molar-refractivity contribution < 1.29 is 0 Å². The van der Waals surface area contributed by atoms with E-state index in [4.69, 9.17) is 10.5 Å². The second-order valence-corrected chi connectivity index (χ2v) is 4.63. The fraction of sp³-hybridized carbons (Fsp3) is 0.176. The number of nitrogens with zero attached hydrogens (tertiary/aromatic N) is 2. The van der Waals surface area contributed by atoms with Gasteiger partial charge in [0, 0.05) is 11.7 Å². The summed E-state index contributed by atoms with van der Waals surface area (Å²) in [6.45, 7) is 2.07. The van der Waals surface area contributed by atoms with Gasteiger partial charge < -0.3 is 5.32 Å². The molecule has 0 aromatic heterocycles. The summed E-state index contributed by atoms with van der Waals surface area (Å²) in [6, 6.07) is 19.8. The highest BCUT2D eigenvalue weighted by molar-refractivity contribution is 5.47. The SMILES string of the molecule is CC(Nc1ccc(CC#N)cc1)c1ccc(C#N)cc1. The Morgan fingerprint density at radius 2 is 1.65 bits per heavy atom. The summed E-state index contributed by atoms with van der Waals surface area (Å²) in [6.07, 6.45) is 0.436. The summed E-state index contributed by atoms with van der Waals surface area (Å²) in [7, 11) is 0. The van der Waals surface area contributed by atoms with Gasteiger partial charge in [-0.25, -0.2) is 0 Å². The van der Waals surface area contributed by atoms with Crippen LogP contribution < -0.4 is 5.32 Å². The number of nitriles is 2. The van der Waals surface area contributed by atoms with Crippen LogP contribution in [0.3, 0.4) is 0 Å². The highest BCUT2D eigenvalue weighted by Gasteiger charge is 2.05. The average Bonchev–Trinajstić information content (AvgIpc) is 2.49. The second-order valence-electron chi connectivity index (χ2n) is 4.63. The van der Waals surface area contributed by atoms with E-state index >= 15 is 0 Å². The molecule has 3 nitrogen and oxygen atoms in total. The van der Waals surface area contributed by atoms with E-state index in [1.807, 2.05) is 48.5 Å². The van der Waals surface area contributed by atoms with Crippen LogP contribution in [-0.4, -0.2) is 0 Å². The molecule has 0 spiro atoms. The van der Waals surface area contributed by atoms with Crippen LogP contribution >= 0.6 is 0 Å². The number of hydrogen-bond donors (Lipinski definition) is 1. The first-order chi connectivity index (χ1) is 9.72. The lowest BCUT2D eigenvalue weighted by Gasteiger charge is -2.16. The lowest BCUT2D eigenvalue weighted by molar-refractivity contribution is 0.884. The van der Waals surface area contributed by atoms with Gasteiger partial charge in [0.25, 0.3) is 0 Å². The Morgan fingerprint density at radius 3 is 2.20 bits per heavy atom. The van der Waals surface area contributed by atoms with Crippen molar-refractivity contribution in [2.24, 2.45) is 0 Å². The molecule has 1 N–H and O–H groups in total. The molecule has 0 fully saturated rings. The van der Waals surface area contributed by atoms with Crippen LogP contribution in [0, 0.1) is 22.7 Å². The van der Waals surface area contributed by atoms with Gasteiger partial charge in [0.05, 0.1) is 24.1 Å². The van der Waals surface area contributed by atoms with Gasteiger partial charge in [-0.3, -0.25) is 0 Å². The minimum Gasteiger partial charge on any atom is -0.379 e. The van der Waals surface area contributed by atoms with E-state index in [2.05, 4.69) is 24.4 Å². The summed E-state index contributed by atoms with van der Waals surface area (Å²) >= 11 is 0. The highest BCUT2D eigenvalue weighted by Crippen LogP contribution is 2.20. The van der Waals surface area contributed by atoms with Crippen LogP contribution in [0.5, 0.6) is 0 Å². The molecular formula is C17H15N3. The Kier molecular flexibility index (Phi) is 4.37. The Balaban J connectivity index is 2.05. The molecule has 2 aromatic rings. The van der Waals surface area contributed by atoms with Gasteiger partial charge in [0.1, 0.15) is 0 Å². The summed E-state index contributed by atoms with van der Waals surface area (Å²) in [5.41, 5.74) is 3.83. The molecule has 0 radical (unpaired) electrons. The molecule has 2 rings (SSSR count). The minimum atomic E-state index is 0.157. The summed E-state index contributed by atoms with van der Waals surface area (Å²) in [4.78, 5) is 0. The number of anilines is 1. The van der Waals surface area contributed by atoms with Crippen LogP contribution in [0.25, 0.3) is 0 Å². The third-order valence-corrected chi connectivity index (χ3v) is 3.16. The zero-order chi connectivity index (χ0) is 14.4. The van der Waals surface area contributed by atoms with Crippen molar-refractivity contribution >= 4 is 5.69 Å². The number of rotatable bonds is 4. The Bertz CT molecular complexity index is 643. The molecule has 20 heavy (non-hydrogen) atoms. The quantitative estimate of drug-likeness (QED) is 0.910. The number of nitrogens with one attached hydrogen (secondary N) is 1. The van der Waals surface area contributed by atoms with E-state index in [9.17, 15) is 0 Å². The molecule has 0 aliphatic rings. The molecule has 1 unspecified atom stereocenters. The molecule has 0 amide bonds. The second kappa shape index (κ2) is 6.41. The molecule has 0 aliphatic heterocycles. The van der Waals surface area contributed by atoms with Gasteiger partial charge in [0.15, 0.2) is 0 Å². The van der Waals surface area contributed by atoms with Gasteiger partial charge in [0.2, 0.25) is 0 Å². The maximum Gasteiger partial charge on any atom is 0.0991 e. The average molecular weight is 261 g/mol. The van der Waals surface area contributed by atoms with E-state index in [0.29, 0.717) is 12.0 Å². The van der Waals surface area contributed by atoms with E-state index in [1.165, 1.54) is 0 Å². The maximum atomic E-state index is 8.78. The van der Waals surface area contributed by atoms with Crippen molar-refractivity contribution in [1.82, 2.24) is 0 Å². The maximum absolute atomic E-state index is 8.78. The molecule has 0 bridgehead atoms. The van der Waals surface area contributed by atoms with Gasteiger partial charge in [-0.15, -0.1) is 0 Å². The summed E-state index contributed by atoms with van der Waals surface area (Å²) in [5.74, 6) is 0. The predicted molar refractivity (Wildman–Crippen MR) is 79.0 cm³/mol. The lowest BCUT2D eigenvalue weighted by Crippen LogP contribution is -2.06.